The molecule has 8 aromatic carbocycles. The van der Waals surface area contributed by atoms with Crippen molar-refractivity contribution in [3.8, 4) is 27.9 Å². The van der Waals surface area contributed by atoms with E-state index >= 15 is 0 Å². The molecule has 216 valence electrons. The lowest BCUT2D eigenvalue weighted by Gasteiger charge is -2.21. The molecule has 0 radical (unpaired) electrons. The third-order valence-corrected chi connectivity index (χ3v) is 9.71. The first kappa shape index (κ1) is 17.1. The Labute approximate surface area is 283 Å². The topological polar surface area (TPSA) is 4.93 Å². The van der Waals surface area contributed by atoms with Crippen LogP contribution in [0.4, 0.5) is 0 Å². The largest absolute Gasteiger partial charge is 0.309 e. The van der Waals surface area contributed by atoms with E-state index in [0.29, 0.717) is 5.56 Å². The average Bonchev–Trinajstić information content (AvgIpc) is 3.65. The van der Waals surface area contributed by atoms with Crippen LogP contribution in [-0.4, -0.2) is 4.57 Å². The van der Waals surface area contributed by atoms with Gasteiger partial charge in [0.1, 0.15) is 0 Å². The number of nitrogens with zero attached hydrogens (tertiary/aromatic N) is 1. The summed E-state index contributed by atoms with van der Waals surface area (Å²) in [4.78, 5) is 0. The molecule has 0 spiro atoms. The van der Waals surface area contributed by atoms with Crippen LogP contribution in [0.2, 0.25) is 0 Å². The van der Waals surface area contributed by atoms with Gasteiger partial charge in [-0.1, -0.05) is 129 Å². The fourth-order valence-electron chi connectivity index (χ4n) is 7.57. The van der Waals surface area contributed by atoms with Gasteiger partial charge >= 0.3 is 0 Å². The Hall–Kier alpha value is -5.66. The van der Waals surface area contributed by atoms with Crippen molar-refractivity contribution in [2.24, 2.45) is 0 Å². The van der Waals surface area contributed by atoms with Crippen molar-refractivity contribution in [2.45, 2.75) is 19.3 Å². The second kappa shape index (κ2) is 9.19. The Bertz CT molecular complexity index is 3330. The third-order valence-electron chi connectivity index (χ3n) is 9.71. The lowest BCUT2D eigenvalue weighted by atomic mass is 9.82. The zero-order chi connectivity index (χ0) is 40.1. The molecule has 0 N–H and O–H groups in total. The van der Waals surface area contributed by atoms with Gasteiger partial charge in [0, 0.05) is 21.9 Å². The average molecular weight is 597 g/mol. The van der Waals surface area contributed by atoms with E-state index < -0.39 is 66.5 Å². The number of para-hydroxylation sites is 1. The minimum atomic E-state index is -0.578. The summed E-state index contributed by atoms with van der Waals surface area (Å²) in [6.07, 6.45) is 0. The van der Waals surface area contributed by atoms with Crippen LogP contribution < -0.4 is 0 Å². The molecule has 0 bridgehead atoms. The van der Waals surface area contributed by atoms with Crippen molar-refractivity contribution < 1.29 is 15.1 Å². The molecule has 1 aliphatic rings. The van der Waals surface area contributed by atoms with E-state index in [9.17, 15) is 4.11 Å². The Morgan fingerprint density at radius 2 is 1.26 bits per heavy atom. The van der Waals surface area contributed by atoms with E-state index in [1.54, 1.807) is 0 Å². The fraction of sp³-hybridized carbons (Fsp3) is 0.0667. The van der Waals surface area contributed by atoms with Gasteiger partial charge < -0.3 is 4.57 Å². The summed E-state index contributed by atoms with van der Waals surface area (Å²) in [6.45, 7) is 4.46. The first-order valence-electron chi connectivity index (χ1n) is 20.8. The number of hydrogen-bond donors (Lipinski definition) is 0. The fourth-order valence-corrected chi connectivity index (χ4v) is 7.57. The van der Waals surface area contributed by atoms with Crippen LogP contribution in [0.25, 0.3) is 82.1 Å². The van der Waals surface area contributed by atoms with Gasteiger partial charge in [-0.2, -0.15) is 0 Å². The molecule has 46 heavy (non-hydrogen) atoms. The summed E-state index contributed by atoms with van der Waals surface area (Å²) in [7, 11) is 0. The smallest absolute Gasteiger partial charge is 0.0636 e. The maximum atomic E-state index is 9.49. The molecule has 0 atom stereocenters. The van der Waals surface area contributed by atoms with Crippen LogP contribution in [0, 0.1) is 0 Å². The molecule has 9 aromatic rings. The number of rotatable bonds is 2. The van der Waals surface area contributed by atoms with Crippen molar-refractivity contribution in [1.29, 1.82) is 0 Å². The van der Waals surface area contributed by atoms with Crippen molar-refractivity contribution in [2.75, 3.05) is 0 Å². The van der Waals surface area contributed by atoms with Crippen molar-refractivity contribution in [3.05, 3.63) is 163 Å². The number of aromatic nitrogens is 1. The predicted molar refractivity (Wildman–Crippen MR) is 196 cm³/mol. The van der Waals surface area contributed by atoms with Crippen molar-refractivity contribution >= 4 is 54.1 Å². The second-order valence-electron chi connectivity index (χ2n) is 12.5. The first-order chi connectivity index (χ1) is 27.2. The van der Waals surface area contributed by atoms with E-state index in [0.717, 1.165) is 33.1 Å². The molecule has 0 amide bonds. The molecular formula is C45H31N. The van der Waals surface area contributed by atoms with Gasteiger partial charge in [-0.05, 0) is 102 Å². The van der Waals surface area contributed by atoms with Gasteiger partial charge in [0.15, 0.2) is 0 Å². The highest BCUT2D eigenvalue weighted by Gasteiger charge is 2.36. The molecule has 1 aromatic heterocycles. The number of benzene rings is 8. The van der Waals surface area contributed by atoms with E-state index in [-0.39, 0.29) is 43.3 Å². The maximum absolute atomic E-state index is 9.49. The van der Waals surface area contributed by atoms with Crippen LogP contribution in [0.15, 0.2) is 151 Å². The summed E-state index contributed by atoms with van der Waals surface area (Å²) < 4.78 is 100. The standard InChI is InChI=1S/C45H31N/c1-45(2)40-19-11-10-18-34(40)38-27-43-39(26-41(38)45)35-22-21-30(25-42(35)46(43)31-14-4-3-5-15-31)44-33-17-9-7-13-29(33)24-37-32-16-8-6-12-28(32)20-23-36(37)44/h3-27H,1-2H3/i6D,7D,8D,9D,12D,13D,16D,17D,20D,23D,24D. The minimum Gasteiger partial charge on any atom is -0.309 e. The Morgan fingerprint density at radius 3 is 2.13 bits per heavy atom. The van der Waals surface area contributed by atoms with Crippen LogP contribution in [0.1, 0.15) is 40.1 Å². The van der Waals surface area contributed by atoms with Crippen molar-refractivity contribution in [3.63, 3.8) is 0 Å². The summed E-state index contributed by atoms with van der Waals surface area (Å²) in [5.74, 6) is 0. The summed E-state index contributed by atoms with van der Waals surface area (Å²) >= 11 is 0. The lowest BCUT2D eigenvalue weighted by Crippen LogP contribution is -2.14. The second-order valence-corrected chi connectivity index (χ2v) is 12.5. The highest BCUT2D eigenvalue weighted by Crippen LogP contribution is 2.51. The Morgan fingerprint density at radius 1 is 0.522 bits per heavy atom. The quantitative estimate of drug-likeness (QED) is 0.138. The Kier molecular flexibility index (Phi) is 3.42. The lowest BCUT2D eigenvalue weighted by molar-refractivity contribution is 0.661. The van der Waals surface area contributed by atoms with E-state index in [1.807, 2.05) is 48.5 Å². The van der Waals surface area contributed by atoms with Gasteiger partial charge in [0.25, 0.3) is 0 Å². The zero-order valence-corrected chi connectivity index (χ0v) is 25.0. The normalized spacial score (nSPS) is 17.0. The van der Waals surface area contributed by atoms with E-state index in [1.165, 1.54) is 16.7 Å². The van der Waals surface area contributed by atoms with E-state index in [2.05, 4.69) is 54.8 Å². The molecular weight excluding hydrogens is 555 g/mol. The zero-order valence-electron chi connectivity index (χ0n) is 36.0. The molecule has 1 aliphatic carbocycles. The molecule has 0 aliphatic heterocycles. The van der Waals surface area contributed by atoms with Crippen molar-refractivity contribution in [1.82, 2.24) is 4.57 Å². The molecule has 0 fully saturated rings. The summed E-state index contributed by atoms with van der Waals surface area (Å²) in [6, 6.07) is 23.1. The van der Waals surface area contributed by atoms with Gasteiger partial charge in [0.05, 0.1) is 26.1 Å². The van der Waals surface area contributed by atoms with E-state index in [4.69, 9.17) is 11.0 Å². The number of hydrogen-bond acceptors (Lipinski definition) is 0. The highest BCUT2D eigenvalue weighted by molar-refractivity contribution is 6.21. The third kappa shape index (κ3) is 3.40. The Balaban J connectivity index is 1.42. The maximum Gasteiger partial charge on any atom is 0.0636 e. The van der Waals surface area contributed by atoms with Gasteiger partial charge in [0.2, 0.25) is 0 Å². The highest BCUT2D eigenvalue weighted by atomic mass is 15.0. The molecule has 0 saturated heterocycles. The minimum absolute atomic E-state index is 0.000818. The number of fused-ring (bicyclic) bond motifs is 10. The molecule has 10 rings (SSSR count). The summed E-state index contributed by atoms with van der Waals surface area (Å²) in [5, 5.41) is 1.33. The molecule has 0 saturated carbocycles. The SMILES string of the molecule is [2H]c1c([2H])c([2H])c2c([2H])c3c(c([2H])c([2H])c4c([2H])c([2H])c([2H])c([2H])c43)c(-c3ccc4c5cc6c(cc5n(-c5ccccc5)c4c3)-c3ccccc3C6(C)C)c2c1[2H]. The van der Waals surface area contributed by atoms with Gasteiger partial charge in [-0.25, -0.2) is 0 Å². The molecule has 1 heteroatoms. The monoisotopic (exact) mass is 596 g/mol. The van der Waals surface area contributed by atoms with Crippen LogP contribution in [0.5, 0.6) is 0 Å². The van der Waals surface area contributed by atoms with Gasteiger partial charge in [-0.3, -0.25) is 0 Å². The predicted octanol–water partition coefficient (Wildman–Crippen LogP) is 12.2. The summed E-state index contributed by atoms with van der Waals surface area (Å²) in [5.41, 5.74) is 7.76. The van der Waals surface area contributed by atoms with Crippen LogP contribution in [-0.2, 0) is 5.41 Å². The van der Waals surface area contributed by atoms with Crippen LogP contribution >= 0.6 is 0 Å². The molecule has 1 heterocycles. The first-order valence-corrected chi connectivity index (χ1v) is 15.3. The molecule has 0 unspecified atom stereocenters. The van der Waals surface area contributed by atoms with Gasteiger partial charge in [-0.15, -0.1) is 0 Å². The molecule has 1 nitrogen and oxygen atoms in total. The van der Waals surface area contributed by atoms with Crippen LogP contribution in [0.3, 0.4) is 0 Å².